The minimum atomic E-state index is -0.187. The van der Waals surface area contributed by atoms with Crippen LogP contribution in [0.4, 0.5) is 21.7 Å². The van der Waals surface area contributed by atoms with Crippen molar-refractivity contribution in [1.82, 2.24) is 9.97 Å². The van der Waals surface area contributed by atoms with Gasteiger partial charge in [-0.25, -0.2) is 14.4 Å². The molecule has 26 heavy (non-hydrogen) atoms. The van der Waals surface area contributed by atoms with Gasteiger partial charge < -0.3 is 14.7 Å². The lowest BCUT2D eigenvalue weighted by molar-refractivity contribution is 0.444. The van der Waals surface area contributed by atoms with Crippen LogP contribution < -0.4 is 14.7 Å². The Morgan fingerprint density at radius 3 is 2.23 bits per heavy atom. The van der Waals surface area contributed by atoms with Crippen LogP contribution >= 0.6 is 0 Å². The Bertz CT molecular complexity index is 727. The average Bonchev–Trinajstić information content (AvgIpc) is 2.69. The van der Waals surface area contributed by atoms with Crippen LogP contribution in [0.2, 0.25) is 0 Å². The first-order valence-corrected chi connectivity index (χ1v) is 9.51. The van der Waals surface area contributed by atoms with Gasteiger partial charge in [0.1, 0.15) is 23.8 Å². The van der Waals surface area contributed by atoms with Crippen LogP contribution in [0.1, 0.15) is 19.8 Å². The SMILES string of the molecule is CC1CCCN(c2cc(N3CCN(c4ccc(F)cc4)CC3)ncn2)C1. The molecule has 3 heterocycles. The highest BCUT2D eigenvalue weighted by Crippen LogP contribution is 2.25. The molecule has 1 aromatic heterocycles. The third-order valence-electron chi connectivity index (χ3n) is 5.41. The molecule has 1 unspecified atom stereocenters. The Morgan fingerprint density at radius 2 is 1.54 bits per heavy atom. The van der Waals surface area contributed by atoms with Crippen molar-refractivity contribution in [2.24, 2.45) is 5.92 Å². The molecule has 5 nitrogen and oxygen atoms in total. The second kappa shape index (κ2) is 7.48. The summed E-state index contributed by atoms with van der Waals surface area (Å²) in [6.45, 7) is 8.10. The van der Waals surface area contributed by atoms with Gasteiger partial charge in [-0.2, -0.15) is 0 Å². The summed E-state index contributed by atoms with van der Waals surface area (Å²) in [4.78, 5) is 16.0. The topological polar surface area (TPSA) is 35.5 Å². The first-order valence-electron chi connectivity index (χ1n) is 9.51. The van der Waals surface area contributed by atoms with E-state index >= 15 is 0 Å². The fourth-order valence-electron chi connectivity index (χ4n) is 3.93. The molecule has 2 fully saturated rings. The first-order chi connectivity index (χ1) is 12.7. The summed E-state index contributed by atoms with van der Waals surface area (Å²) in [6, 6.07) is 8.89. The normalized spacial score (nSPS) is 21.2. The van der Waals surface area contributed by atoms with Gasteiger partial charge in [-0.15, -0.1) is 0 Å². The standard InChI is InChI=1S/C20H26FN5/c1-16-3-2-8-26(14-16)20-13-19(22-15-23-20)25-11-9-24(10-12-25)18-6-4-17(21)5-7-18/h4-7,13,15-16H,2-3,8-12,14H2,1H3. The molecule has 0 radical (unpaired) electrons. The zero-order valence-electron chi connectivity index (χ0n) is 15.3. The highest BCUT2D eigenvalue weighted by Gasteiger charge is 2.21. The third kappa shape index (κ3) is 3.74. The van der Waals surface area contributed by atoms with Crippen molar-refractivity contribution in [2.45, 2.75) is 19.8 Å². The van der Waals surface area contributed by atoms with Gasteiger partial charge in [-0.05, 0) is 43.0 Å². The molecule has 1 aromatic carbocycles. The van der Waals surface area contributed by atoms with Crippen LogP contribution in [0.15, 0.2) is 36.7 Å². The van der Waals surface area contributed by atoms with Crippen LogP contribution in [0.25, 0.3) is 0 Å². The second-order valence-electron chi connectivity index (χ2n) is 7.38. The summed E-state index contributed by atoms with van der Waals surface area (Å²) >= 11 is 0. The Hall–Kier alpha value is -2.37. The van der Waals surface area contributed by atoms with Crippen molar-refractivity contribution < 1.29 is 4.39 Å². The maximum Gasteiger partial charge on any atom is 0.134 e. The summed E-state index contributed by atoms with van der Waals surface area (Å²) < 4.78 is 13.1. The number of hydrogen-bond acceptors (Lipinski definition) is 5. The van der Waals surface area contributed by atoms with Crippen molar-refractivity contribution in [3.8, 4) is 0 Å². The van der Waals surface area contributed by atoms with E-state index in [1.807, 2.05) is 12.1 Å². The number of aromatic nitrogens is 2. The highest BCUT2D eigenvalue weighted by atomic mass is 19.1. The zero-order valence-corrected chi connectivity index (χ0v) is 15.3. The molecule has 0 N–H and O–H groups in total. The minimum absolute atomic E-state index is 0.187. The van der Waals surface area contributed by atoms with Crippen molar-refractivity contribution in [3.05, 3.63) is 42.5 Å². The van der Waals surface area contributed by atoms with Crippen LogP contribution in [-0.2, 0) is 0 Å². The lowest BCUT2D eigenvalue weighted by Crippen LogP contribution is -2.47. The minimum Gasteiger partial charge on any atom is -0.368 e. The summed E-state index contributed by atoms with van der Waals surface area (Å²) in [5, 5.41) is 0. The van der Waals surface area contributed by atoms with Gasteiger partial charge in [0.05, 0.1) is 0 Å². The average molecular weight is 355 g/mol. The summed E-state index contributed by atoms with van der Waals surface area (Å²) in [7, 11) is 0. The van der Waals surface area contributed by atoms with E-state index in [1.165, 1.54) is 25.0 Å². The molecule has 2 saturated heterocycles. The molecule has 2 aliphatic heterocycles. The molecular formula is C20H26FN5. The summed E-state index contributed by atoms with van der Waals surface area (Å²) in [5.74, 6) is 2.59. The second-order valence-corrected chi connectivity index (χ2v) is 7.38. The van der Waals surface area contributed by atoms with E-state index in [0.29, 0.717) is 0 Å². The largest absolute Gasteiger partial charge is 0.368 e. The third-order valence-corrected chi connectivity index (χ3v) is 5.41. The van der Waals surface area contributed by atoms with Crippen molar-refractivity contribution in [1.29, 1.82) is 0 Å². The molecule has 1 atom stereocenters. The summed E-state index contributed by atoms with van der Waals surface area (Å²) in [6.07, 6.45) is 4.23. The number of piperazine rings is 1. The zero-order chi connectivity index (χ0) is 17.9. The Balaban J connectivity index is 1.41. The number of anilines is 3. The van der Waals surface area contributed by atoms with E-state index in [9.17, 15) is 4.39 Å². The highest BCUT2D eigenvalue weighted by molar-refractivity contribution is 5.53. The molecule has 138 valence electrons. The predicted molar refractivity (Wildman–Crippen MR) is 103 cm³/mol. The first kappa shape index (κ1) is 17.1. The van der Waals surface area contributed by atoms with Gasteiger partial charge in [-0.3, -0.25) is 0 Å². The molecule has 6 heteroatoms. The van der Waals surface area contributed by atoms with Gasteiger partial charge in [-0.1, -0.05) is 6.92 Å². The van der Waals surface area contributed by atoms with E-state index < -0.39 is 0 Å². The molecule has 0 spiro atoms. The van der Waals surface area contributed by atoms with E-state index in [2.05, 4.69) is 37.7 Å². The van der Waals surface area contributed by atoms with Gasteiger partial charge in [0.25, 0.3) is 0 Å². The van der Waals surface area contributed by atoms with E-state index in [1.54, 1.807) is 6.33 Å². The number of nitrogens with zero attached hydrogens (tertiary/aromatic N) is 5. The maximum atomic E-state index is 13.1. The van der Waals surface area contributed by atoms with Gasteiger partial charge in [0.2, 0.25) is 0 Å². The molecule has 4 rings (SSSR count). The fourth-order valence-corrected chi connectivity index (χ4v) is 3.93. The number of rotatable bonds is 3. The monoisotopic (exact) mass is 355 g/mol. The Morgan fingerprint density at radius 1 is 0.885 bits per heavy atom. The van der Waals surface area contributed by atoms with Crippen LogP contribution in [0.3, 0.4) is 0 Å². The quantitative estimate of drug-likeness (QED) is 0.845. The van der Waals surface area contributed by atoms with Crippen molar-refractivity contribution >= 4 is 17.3 Å². The number of hydrogen-bond donors (Lipinski definition) is 0. The number of piperidine rings is 1. The van der Waals surface area contributed by atoms with Crippen LogP contribution in [0.5, 0.6) is 0 Å². The Labute approximate surface area is 154 Å². The van der Waals surface area contributed by atoms with Crippen molar-refractivity contribution in [3.63, 3.8) is 0 Å². The van der Waals surface area contributed by atoms with Gasteiger partial charge in [0, 0.05) is 51.0 Å². The van der Waals surface area contributed by atoms with Gasteiger partial charge in [0.15, 0.2) is 0 Å². The smallest absolute Gasteiger partial charge is 0.134 e. The van der Waals surface area contributed by atoms with Crippen molar-refractivity contribution in [2.75, 3.05) is 54.0 Å². The van der Waals surface area contributed by atoms with E-state index in [-0.39, 0.29) is 5.82 Å². The Kier molecular flexibility index (Phi) is 4.91. The number of benzene rings is 1. The van der Waals surface area contributed by atoms with Gasteiger partial charge >= 0.3 is 0 Å². The number of halogens is 1. The molecule has 0 bridgehead atoms. The molecular weight excluding hydrogens is 329 g/mol. The van der Waals surface area contributed by atoms with Crippen LogP contribution in [-0.4, -0.2) is 49.2 Å². The molecule has 0 saturated carbocycles. The fraction of sp³-hybridized carbons (Fsp3) is 0.500. The maximum absolute atomic E-state index is 13.1. The lowest BCUT2D eigenvalue weighted by Gasteiger charge is -2.37. The lowest BCUT2D eigenvalue weighted by atomic mass is 10.0. The molecule has 0 aliphatic carbocycles. The molecule has 2 aromatic rings. The predicted octanol–water partition coefficient (Wildman–Crippen LogP) is 3.18. The van der Waals surface area contributed by atoms with Crippen LogP contribution in [0, 0.1) is 11.7 Å². The van der Waals surface area contributed by atoms with E-state index in [4.69, 9.17) is 0 Å². The molecule has 2 aliphatic rings. The van der Waals surface area contributed by atoms with E-state index in [0.717, 1.165) is 62.5 Å². The summed E-state index contributed by atoms with van der Waals surface area (Å²) in [5.41, 5.74) is 1.08. The molecule has 0 amide bonds.